The van der Waals surface area contributed by atoms with E-state index in [1.54, 1.807) is 4.90 Å². The van der Waals surface area contributed by atoms with Crippen LogP contribution >= 0.6 is 0 Å². The summed E-state index contributed by atoms with van der Waals surface area (Å²) in [5, 5.41) is 20.0. The minimum Gasteiger partial charge on any atom is -1.00 e. The van der Waals surface area contributed by atoms with E-state index >= 15 is 0 Å². The number of anilines is 1. The summed E-state index contributed by atoms with van der Waals surface area (Å²) in [7, 11) is 0. The second-order valence-electron chi connectivity index (χ2n) is 6.75. The lowest BCUT2D eigenvalue weighted by molar-refractivity contribution is -0.376. The molecule has 1 aliphatic rings. The number of aliphatic hydroxyl groups is 1. The Bertz CT molecular complexity index is 658. The Hall–Kier alpha value is -1.68. The molecule has 2 rings (SSSR count). The van der Waals surface area contributed by atoms with Crippen LogP contribution in [0.25, 0.3) is 0 Å². The third kappa shape index (κ3) is 5.09. The maximum atomic E-state index is 13.0. The van der Waals surface area contributed by atoms with Gasteiger partial charge >= 0.3 is 18.3 Å². The van der Waals surface area contributed by atoms with Gasteiger partial charge in [-0.2, -0.15) is 26.3 Å². The average Bonchev–Trinajstić information content (AvgIpc) is 3.14. The van der Waals surface area contributed by atoms with Crippen LogP contribution in [0.15, 0.2) is 24.3 Å². The minimum absolute atomic E-state index is 0. The SMILES string of the molecule is CCCCN(C(=[N+])N1CCCC1)c1ccc(C(O)(C(F)(F)F)C(F)(F)F)cc1.[Cl-]. The molecular weight excluding hydrogens is 424 g/mol. The molecule has 0 unspecified atom stereocenters. The van der Waals surface area contributed by atoms with Gasteiger partial charge in [0.1, 0.15) is 11.1 Å². The lowest BCUT2D eigenvalue weighted by Crippen LogP contribution is -3.00. The van der Waals surface area contributed by atoms with Gasteiger partial charge in [-0.25, -0.2) is 4.90 Å². The minimum atomic E-state index is -5.93. The molecule has 0 saturated carbocycles. The Labute approximate surface area is 171 Å². The Kier molecular flexibility index (Phi) is 8.24. The number of guanidine groups is 1. The highest BCUT2D eigenvalue weighted by Gasteiger charge is 2.71. The van der Waals surface area contributed by atoms with Crippen LogP contribution in [0.4, 0.5) is 32.0 Å². The van der Waals surface area contributed by atoms with Gasteiger partial charge in [-0.15, -0.1) is 0 Å². The zero-order valence-electron chi connectivity index (χ0n) is 15.7. The van der Waals surface area contributed by atoms with E-state index in [-0.39, 0.29) is 24.1 Å². The van der Waals surface area contributed by atoms with Crippen LogP contribution < -0.4 is 22.7 Å². The van der Waals surface area contributed by atoms with Crippen molar-refractivity contribution < 1.29 is 43.9 Å². The van der Waals surface area contributed by atoms with Crippen LogP contribution in [0.5, 0.6) is 0 Å². The average molecular weight is 446 g/mol. The third-order valence-corrected chi connectivity index (χ3v) is 4.78. The first kappa shape index (κ1) is 25.4. The zero-order chi connectivity index (χ0) is 21.2. The van der Waals surface area contributed by atoms with Crippen molar-refractivity contribution in [1.29, 1.82) is 0 Å². The molecule has 1 aromatic carbocycles. The van der Waals surface area contributed by atoms with Crippen LogP contribution in [-0.4, -0.2) is 48.0 Å². The maximum absolute atomic E-state index is 13.0. The normalized spacial score (nSPS) is 15.2. The zero-order valence-corrected chi connectivity index (χ0v) is 16.4. The maximum Gasteiger partial charge on any atom is 0.433 e. The van der Waals surface area contributed by atoms with Crippen molar-refractivity contribution in [1.82, 2.24) is 10.3 Å². The number of hydrogen-bond acceptors (Lipinski definition) is 1. The monoisotopic (exact) mass is 445 g/mol. The number of rotatable bonds is 5. The molecule has 0 spiro atoms. The highest BCUT2D eigenvalue weighted by atomic mass is 35.5. The predicted octanol–water partition coefficient (Wildman–Crippen LogP) is 0.861. The van der Waals surface area contributed by atoms with Crippen molar-refractivity contribution in [3.63, 3.8) is 0 Å². The molecule has 0 bridgehead atoms. The third-order valence-electron chi connectivity index (χ3n) is 4.78. The molecule has 1 saturated heterocycles. The van der Waals surface area contributed by atoms with Crippen LogP contribution in [0.3, 0.4) is 0 Å². The molecule has 0 atom stereocenters. The van der Waals surface area contributed by atoms with Crippen molar-refractivity contribution in [2.75, 3.05) is 24.5 Å². The van der Waals surface area contributed by atoms with Crippen LogP contribution in [0, 0.1) is 0 Å². The molecule has 1 fully saturated rings. The molecule has 1 aliphatic heterocycles. The largest absolute Gasteiger partial charge is 1.00 e. The van der Waals surface area contributed by atoms with E-state index in [1.165, 1.54) is 4.90 Å². The van der Waals surface area contributed by atoms with E-state index in [9.17, 15) is 36.9 Å². The molecule has 1 aromatic rings. The van der Waals surface area contributed by atoms with Gasteiger partial charge in [0.05, 0.1) is 19.6 Å². The molecule has 4 nitrogen and oxygen atoms in total. The molecule has 1 heterocycles. The van der Waals surface area contributed by atoms with E-state index in [4.69, 9.17) is 0 Å². The number of halogens is 7. The number of nitrogens with zero attached hydrogens (tertiary/aromatic N) is 3. The molecule has 1 N–H and O–H groups in total. The van der Waals surface area contributed by atoms with Gasteiger partial charge in [-0.1, -0.05) is 25.5 Å². The first-order chi connectivity index (χ1) is 12.9. The van der Waals surface area contributed by atoms with E-state index in [2.05, 4.69) is 0 Å². The van der Waals surface area contributed by atoms with Crippen molar-refractivity contribution in [3.8, 4) is 0 Å². The van der Waals surface area contributed by atoms with E-state index in [0.29, 0.717) is 38.2 Å². The van der Waals surface area contributed by atoms with Crippen molar-refractivity contribution in [2.24, 2.45) is 0 Å². The van der Waals surface area contributed by atoms with Crippen LogP contribution in [0.1, 0.15) is 38.2 Å². The molecule has 0 aromatic heterocycles. The molecular formula is C18H22ClF6N3O. The van der Waals surface area contributed by atoms with Gasteiger partial charge < -0.3 is 17.5 Å². The number of benzene rings is 1. The second kappa shape index (κ2) is 9.42. The summed E-state index contributed by atoms with van der Waals surface area (Å²) in [6, 6.07) is 3.26. The summed E-state index contributed by atoms with van der Waals surface area (Å²) >= 11 is 0. The van der Waals surface area contributed by atoms with E-state index in [1.807, 2.05) is 6.92 Å². The number of unbranched alkanes of at least 4 members (excludes halogenated alkanes) is 1. The van der Waals surface area contributed by atoms with E-state index < -0.39 is 23.5 Å². The summed E-state index contributed by atoms with van der Waals surface area (Å²) in [6.45, 7) is 3.50. The second-order valence-corrected chi connectivity index (χ2v) is 6.75. The Morgan fingerprint density at radius 3 is 1.93 bits per heavy atom. The lowest BCUT2D eigenvalue weighted by Gasteiger charge is -2.32. The Morgan fingerprint density at radius 2 is 1.52 bits per heavy atom. The Balaban J connectivity index is 0.00000420. The summed E-state index contributed by atoms with van der Waals surface area (Å²) in [6.07, 6.45) is -8.65. The summed E-state index contributed by atoms with van der Waals surface area (Å²) in [5.41, 5.74) is -6.05. The van der Waals surface area contributed by atoms with Crippen molar-refractivity contribution in [3.05, 3.63) is 29.8 Å². The van der Waals surface area contributed by atoms with Crippen LogP contribution in [-0.2, 0) is 5.60 Å². The smallest absolute Gasteiger partial charge is 0.433 e. The fraction of sp³-hybridized carbons (Fsp3) is 0.611. The van der Waals surface area contributed by atoms with Gasteiger partial charge in [0.2, 0.25) is 0 Å². The molecule has 29 heavy (non-hydrogen) atoms. The molecule has 2 radical (unpaired) electrons. The fourth-order valence-electron chi connectivity index (χ4n) is 3.12. The number of alkyl halides is 6. The van der Waals surface area contributed by atoms with E-state index in [0.717, 1.165) is 31.4 Å². The van der Waals surface area contributed by atoms with Gasteiger partial charge in [-0.05, 0) is 31.4 Å². The Morgan fingerprint density at radius 1 is 1.03 bits per heavy atom. The molecule has 0 aliphatic carbocycles. The topological polar surface area (TPSA) is 49.0 Å². The standard InChI is InChI=1S/C18H22F6N3O.ClH/c1-2-3-12-27(15(25)26-10-4-5-11-26)14-8-6-13(7-9-14)16(28,17(19,20)21)18(22,23)24;/h6-9,28H,2-5,10-12H2,1H3;1H/q+1;/p-1. The highest BCUT2D eigenvalue weighted by Crippen LogP contribution is 2.50. The van der Waals surface area contributed by atoms with Crippen LogP contribution in [0.2, 0.25) is 0 Å². The number of hydrogen-bond donors (Lipinski definition) is 1. The highest BCUT2D eigenvalue weighted by molar-refractivity contribution is 5.94. The van der Waals surface area contributed by atoms with Gasteiger partial charge in [0.25, 0.3) is 5.60 Å². The summed E-state index contributed by atoms with van der Waals surface area (Å²) in [5.74, 6) is -0.0828. The van der Waals surface area contributed by atoms with Gasteiger partial charge in [0, 0.05) is 5.56 Å². The quantitative estimate of drug-likeness (QED) is 0.415. The molecule has 164 valence electrons. The lowest BCUT2D eigenvalue weighted by atomic mass is 9.92. The van der Waals surface area contributed by atoms with Gasteiger partial charge in [-0.3, -0.25) is 4.90 Å². The number of likely N-dealkylation sites (tertiary alicyclic amines) is 1. The van der Waals surface area contributed by atoms with Crippen molar-refractivity contribution >= 4 is 11.6 Å². The fourth-order valence-corrected chi connectivity index (χ4v) is 3.12. The predicted molar refractivity (Wildman–Crippen MR) is 92.7 cm³/mol. The molecule has 0 amide bonds. The first-order valence-electron chi connectivity index (χ1n) is 8.98. The first-order valence-corrected chi connectivity index (χ1v) is 8.98. The summed E-state index contributed by atoms with van der Waals surface area (Å²) in [4.78, 5) is 3.17. The van der Waals surface area contributed by atoms with Crippen molar-refractivity contribution in [2.45, 2.75) is 50.6 Å². The molecule has 11 heteroatoms. The summed E-state index contributed by atoms with van der Waals surface area (Å²) < 4.78 is 78.1. The van der Waals surface area contributed by atoms with Gasteiger partial charge in [0.15, 0.2) is 0 Å².